The van der Waals surface area contributed by atoms with Crippen LogP contribution in [0.25, 0.3) is 5.52 Å². The molecule has 0 unspecified atom stereocenters. The average Bonchev–Trinajstić information content (AvgIpc) is 3.02. The number of hydrogen-bond donors (Lipinski definition) is 2. The lowest BCUT2D eigenvalue weighted by Crippen LogP contribution is -2.10. The second-order valence-corrected chi connectivity index (χ2v) is 5.40. The van der Waals surface area contributed by atoms with Crippen molar-refractivity contribution >= 4 is 33.7 Å². The van der Waals surface area contributed by atoms with E-state index in [9.17, 15) is 9.59 Å². The number of carboxylic acids is 1. The number of hydrogen-bond acceptors (Lipinski definition) is 5. The molecule has 3 aromatic heterocycles. The van der Waals surface area contributed by atoms with E-state index < -0.39 is 5.97 Å². The van der Waals surface area contributed by atoms with E-state index in [2.05, 4.69) is 15.4 Å². The first-order valence-corrected chi connectivity index (χ1v) is 6.80. The summed E-state index contributed by atoms with van der Waals surface area (Å²) in [6.45, 7) is 1.69. The molecule has 1 amide bonds. The molecule has 0 atom stereocenters. The van der Waals surface area contributed by atoms with Crippen molar-refractivity contribution in [1.29, 1.82) is 0 Å². The fraction of sp³-hybridized carbons (Fsp3) is 0.0769. The Morgan fingerprint density at radius 3 is 2.90 bits per heavy atom. The van der Waals surface area contributed by atoms with Gasteiger partial charge in [0, 0.05) is 12.4 Å². The number of nitrogens with one attached hydrogen (secondary N) is 1. The maximum atomic E-state index is 12.2. The van der Waals surface area contributed by atoms with E-state index in [1.54, 1.807) is 36.1 Å². The maximum absolute atomic E-state index is 12.2. The van der Waals surface area contributed by atoms with E-state index in [-0.39, 0.29) is 10.8 Å². The molecule has 3 aromatic rings. The quantitative estimate of drug-likeness (QED) is 0.772. The van der Waals surface area contributed by atoms with Crippen LogP contribution >= 0.6 is 11.3 Å². The van der Waals surface area contributed by atoms with Crippen LogP contribution in [-0.2, 0) is 0 Å². The minimum atomic E-state index is -1.00. The van der Waals surface area contributed by atoms with E-state index in [0.29, 0.717) is 21.6 Å². The first-order chi connectivity index (χ1) is 10.1. The summed E-state index contributed by atoms with van der Waals surface area (Å²) in [6, 6.07) is 1.63. The zero-order valence-corrected chi connectivity index (χ0v) is 11.7. The number of carboxylic acid groups (broad SMARTS) is 1. The number of aromatic nitrogens is 3. The molecule has 106 valence electrons. The third-order valence-electron chi connectivity index (χ3n) is 2.92. The van der Waals surface area contributed by atoms with Crippen LogP contribution in [0.4, 0.5) is 5.00 Å². The molecule has 0 aliphatic rings. The third-order valence-corrected chi connectivity index (χ3v) is 4.06. The van der Waals surface area contributed by atoms with Gasteiger partial charge in [0.1, 0.15) is 4.88 Å². The predicted octanol–water partition coefficient (Wildman–Crippen LogP) is 2.05. The van der Waals surface area contributed by atoms with Crippen molar-refractivity contribution in [2.75, 3.05) is 5.32 Å². The molecule has 3 heterocycles. The van der Waals surface area contributed by atoms with Crippen molar-refractivity contribution in [3.63, 3.8) is 0 Å². The fourth-order valence-corrected chi connectivity index (χ4v) is 2.85. The number of rotatable bonds is 3. The molecule has 0 fully saturated rings. The van der Waals surface area contributed by atoms with Crippen LogP contribution in [0.5, 0.6) is 0 Å². The molecule has 0 aromatic carbocycles. The van der Waals surface area contributed by atoms with E-state index in [0.717, 1.165) is 11.3 Å². The summed E-state index contributed by atoms with van der Waals surface area (Å²) >= 11 is 1.02. The first-order valence-electron chi connectivity index (χ1n) is 5.98. The smallest absolute Gasteiger partial charge is 0.346 e. The molecule has 0 saturated heterocycles. The second kappa shape index (κ2) is 4.98. The van der Waals surface area contributed by atoms with Crippen molar-refractivity contribution in [2.24, 2.45) is 0 Å². The molecule has 0 aliphatic heterocycles. The highest BCUT2D eigenvalue weighted by Crippen LogP contribution is 2.27. The number of thiophene rings is 1. The van der Waals surface area contributed by atoms with Gasteiger partial charge in [0.05, 0.1) is 28.5 Å². The Bertz CT molecular complexity index is 852. The molecule has 0 bridgehead atoms. The number of fused-ring (bicyclic) bond motifs is 1. The molecular weight excluding hydrogens is 292 g/mol. The lowest BCUT2D eigenvalue weighted by Gasteiger charge is -2.00. The molecule has 0 saturated carbocycles. The number of aromatic carboxylic acids is 1. The Labute approximate surface area is 122 Å². The van der Waals surface area contributed by atoms with Crippen LogP contribution in [0.15, 0.2) is 30.9 Å². The van der Waals surface area contributed by atoms with Crippen molar-refractivity contribution in [3.8, 4) is 0 Å². The molecule has 2 N–H and O–H groups in total. The van der Waals surface area contributed by atoms with E-state index in [4.69, 9.17) is 5.11 Å². The highest BCUT2D eigenvalue weighted by molar-refractivity contribution is 7.18. The Balaban J connectivity index is 1.90. The SMILES string of the molecule is Cc1cc(NC(=O)c2cnn3ccncc23)sc1C(=O)O. The van der Waals surface area contributed by atoms with E-state index in [1.807, 2.05) is 0 Å². The Morgan fingerprint density at radius 1 is 1.38 bits per heavy atom. The lowest BCUT2D eigenvalue weighted by atomic mass is 10.2. The number of carbonyl (C=O) groups is 2. The van der Waals surface area contributed by atoms with Gasteiger partial charge in [-0.3, -0.25) is 9.78 Å². The summed E-state index contributed by atoms with van der Waals surface area (Å²) in [5.74, 6) is -1.35. The van der Waals surface area contributed by atoms with Gasteiger partial charge in [0.15, 0.2) is 0 Å². The Hall–Kier alpha value is -2.74. The number of anilines is 1. The largest absolute Gasteiger partial charge is 0.477 e. The molecule has 8 heteroatoms. The molecule has 21 heavy (non-hydrogen) atoms. The molecule has 7 nitrogen and oxygen atoms in total. The van der Waals surface area contributed by atoms with Crippen LogP contribution in [-0.4, -0.2) is 31.6 Å². The summed E-state index contributed by atoms with van der Waals surface area (Å²) in [7, 11) is 0. The van der Waals surface area contributed by atoms with Crippen LogP contribution in [0, 0.1) is 6.92 Å². The highest BCUT2D eigenvalue weighted by Gasteiger charge is 2.17. The predicted molar refractivity (Wildman–Crippen MR) is 77.0 cm³/mol. The van der Waals surface area contributed by atoms with Crippen molar-refractivity contribution in [2.45, 2.75) is 6.92 Å². The van der Waals surface area contributed by atoms with Gasteiger partial charge in [-0.2, -0.15) is 5.10 Å². The molecule has 0 aliphatic carbocycles. The number of nitrogens with zero attached hydrogens (tertiary/aromatic N) is 3. The van der Waals surface area contributed by atoms with Gasteiger partial charge in [-0.15, -0.1) is 11.3 Å². The Morgan fingerprint density at radius 2 is 2.19 bits per heavy atom. The number of amides is 1. The van der Waals surface area contributed by atoms with Gasteiger partial charge in [0.25, 0.3) is 5.91 Å². The monoisotopic (exact) mass is 302 g/mol. The molecule has 3 rings (SSSR count). The topological polar surface area (TPSA) is 96.6 Å². The standard InChI is InChI=1S/C13H10N4O3S/c1-7-4-10(21-11(7)13(19)20)16-12(18)8-5-15-17-3-2-14-6-9(8)17/h2-6H,1H3,(H,16,18)(H,19,20). The van der Waals surface area contributed by atoms with Crippen LogP contribution in [0.1, 0.15) is 25.6 Å². The number of aryl methyl sites for hydroxylation is 1. The summed E-state index contributed by atoms with van der Waals surface area (Å²) in [6.07, 6.45) is 6.21. The zero-order valence-electron chi connectivity index (χ0n) is 10.9. The van der Waals surface area contributed by atoms with Crippen LogP contribution < -0.4 is 5.32 Å². The minimum absolute atomic E-state index is 0.215. The normalized spacial score (nSPS) is 10.7. The summed E-state index contributed by atoms with van der Waals surface area (Å²) in [4.78, 5) is 27.4. The van der Waals surface area contributed by atoms with Crippen molar-refractivity contribution in [1.82, 2.24) is 14.6 Å². The highest BCUT2D eigenvalue weighted by atomic mass is 32.1. The third kappa shape index (κ3) is 2.36. The average molecular weight is 302 g/mol. The fourth-order valence-electron chi connectivity index (χ4n) is 1.94. The lowest BCUT2D eigenvalue weighted by molar-refractivity contribution is 0.0701. The van der Waals surface area contributed by atoms with Gasteiger partial charge in [-0.25, -0.2) is 9.31 Å². The van der Waals surface area contributed by atoms with Gasteiger partial charge in [-0.1, -0.05) is 0 Å². The summed E-state index contributed by atoms with van der Waals surface area (Å²) in [5, 5.41) is 16.2. The van der Waals surface area contributed by atoms with Gasteiger partial charge in [-0.05, 0) is 18.6 Å². The van der Waals surface area contributed by atoms with Crippen molar-refractivity contribution < 1.29 is 14.7 Å². The summed E-state index contributed by atoms with van der Waals surface area (Å²) < 4.78 is 1.55. The summed E-state index contributed by atoms with van der Waals surface area (Å²) in [5.41, 5.74) is 1.58. The maximum Gasteiger partial charge on any atom is 0.346 e. The van der Waals surface area contributed by atoms with E-state index in [1.165, 1.54) is 6.20 Å². The van der Waals surface area contributed by atoms with Gasteiger partial charge in [0.2, 0.25) is 0 Å². The van der Waals surface area contributed by atoms with Gasteiger partial charge >= 0.3 is 5.97 Å². The molecular formula is C13H10N4O3S. The van der Waals surface area contributed by atoms with Crippen LogP contribution in [0.2, 0.25) is 0 Å². The van der Waals surface area contributed by atoms with Crippen molar-refractivity contribution in [3.05, 3.63) is 46.9 Å². The first kappa shape index (κ1) is 13.3. The molecule has 0 spiro atoms. The molecule has 0 radical (unpaired) electrons. The zero-order chi connectivity index (χ0) is 15.0. The van der Waals surface area contributed by atoms with Gasteiger partial charge < -0.3 is 10.4 Å². The number of carbonyl (C=O) groups excluding carboxylic acids is 1. The second-order valence-electron chi connectivity index (χ2n) is 4.35. The van der Waals surface area contributed by atoms with E-state index >= 15 is 0 Å². The minimum Gasteiger partial charge on any atom is -0.477 e. The van der Waals surface area contributed by atoms with Crippen LogP contribution in [0.3, 0.4) is 0 Å². The Kier molecular flexibility index (Phi) is 3.15.